The van der Waals surface area contributed by atoms with Crippen molar-refractivity contribution in [3.63, 3.8) is 0 Å². The molecule has 8 heteroatoms. The van der Waals surface area contributed by atoms with Crippen LogP contribution in [0.15, 0.2) is 40.1 Å². The van der Waals surface area contributed by atoms with E-state index in [1.807, 2.05) is 0 Å². The summed E-state index contributed by atoms with van der Waals surface area (Å²) >= 11 is 5.54. The van der Waals surface area contributed by atoms with E-state index in [0.29, 0.717) is 0 Å². The van der Waals surface area contributed by atoms with Gasteiger partial charge < -0.3 is 0 Å². The van der Waals surface area contributed by atoms with Gasteiger partial charge in [0.2, 0.25) is 15.0 Å². The van der Waals surface area contributed by atoms with E-state index >= 15 is 0 Å². The maximum Gasteiger partial charge on any atom is 0.246 e. The Kier molecular flexibility index (Phi) is 4.39. The number of sulfone groups is 1. The molecule has 1 aliphatic rings. The molecule has 0 unspecified atom stereocenters. The maximum atomic E-state index is 11.6. The molecular weight excluding hydrogens is 422 g/mol. The van der Waals surface area contributed by atoms with Gasteiger partial charge in [-0.2, -0.15) is 0 Å². The summed E-state index contributed by atoms with van der Waals surface area (Å²) in [6, 6.07) is 8.38. The maximum absolute atomic E-state index is 11.6. The lowest BCUT2D eigenvalue weighted by Gasteiger charge is -2.27. The lowest BCUT2D eigenvalue weighted by Crippen LogP contribution is -2.31. The number of hydrogen-bond acceptors (Lipinski definition) is 6. The Morgan fingerprint density at radius 3 is 2.88 bits per heavy atom. The zero-order chi connectivity index (χ0) is 17.6. The van der Waals surface area contributed by atoms with Crippen LogP contribution in [0.25, 0.3) is 10.1 Å². The lowest BCUT2D eigenvalue weighted by molar-refractivity contribution is 0.244. The number of halogens is 1. The molecule has 0 radical (unpaired) electrons. The summed E-state index contributed by atoms with van der Waals surface area (Å²) in [5.41, 5.74) is 1.86. The second kappa shape index (κ2) is 6.42. The van der Waals surface area contributed by atoms with Crippen LogP contribution in [0.1, 0.15) is 16.1 Å². The SMILES string of the molecule is CS(=O)(=O)c1ncc2c(n1)CCN(Cc1sc3ccccc3c1Br)C2. The quantitative estimate of drug-likeness (QED) is 0.587. The fraction of sp³-hybridized carbons (Fsp3) is 0.294. The van der Waals surface area contributed by atoms with Crippen molar-refractivity contribution in [1.29, 1.82) is 0 Å². The van der Waals surface area contributed by atoms with Crippen LogP contribution in [-0.2, 0) is 29.3 Å². The van der Waals surface area contributed by atoms with Crippen LogP contribution in [-0.4, -0.2) is 36.1 Å². The van der Waals surface area contributed by atoms with Crippen molar-refractivity contribution in [2.45, 2.75) is 24.7 Å². The van der Waals surface area contributed by atoms with Crippen molar-refractivity contribution in [2.24, 2.45) is 0 Å². The molecule has 25 heavy (non-hydrogen) atoms. The third kappa shape index (κ3) is 3.36. The average Bonchev–Trinajstić information content (AvgIpc) is 2.90. The molecule has 4 rings (SSSR count). The number of fused-ring (bicyclic) bond motifs is 2. The first kappa shape index (κ1) is 17.1. The first-order valence-electron chi connectivity index (χ1n) is 7.85. The number of aromatic nitrogens is 2. The molecule has 1 aromatic carbocycles. The van der Waals surface area contributed by atoms with Crippen molar-refractivity contribution in [3.05, 3.63) is 51.1 Å². The topological polar surface area (TPSA) is 63.2 Å². The number of hydrogen-bond donors (Lipinski definition) is 0. The lowest BCUT2D eigenvalue weighted by atomic mass is 10.1. The Morgan fingerprint density at radius 1 is 1.32 bits per heavy atom. The number of nitrogens with zero attached hydrogens (tertiary/aromatic N) is 3. The van der Waals surface area contributed by atoms with Gasteiger partial charge in [0.1, 0.15) is 0 Å². The minimum absolute atomic E-state index is 0.0769. The fourth-order valence-electron chi connectivity index (χ4n) is 3.04. The third-order valence-electron chi connectivity index (χ3n) is 4.29. The Balaban J connectivity index is 1.57. The van der Waals surface area contributed by atoms with Crippen LogP contribution in [0.4, 0.5) is 0 Å². The van der Waals surface area contributed by atoms with Gasteiger partial charge in [-0.25, -0.2) is 18.4 Å². The Morgan fingerprint density at radius 2 is 2.12 bits per heavy atom. The van der Waals surface area contributed by atoms with Gasteiger partial charge in [-0.1, -0.05) is 18.2 Å². The third-order valence-corrected chi connectivity index (χ3v) is 7.47. The molecule has 0 atom stereocenters. The highest BCUT2D eigenvalue weighted by molar-refractivity contribution is 9.10. The van der Waals surface area contributed by atoms with Gasteiger partial charge in [0.15, 0.2) is 0 Å². The summed E-state index contributed by atoms with van der Waals surface area (Å²) in [7, 11) is -3.36. The molecule has 0 fully saturated rings. The minimum Gasteiger partial charge on any atom is -0.293 e. The van der Waals surface area contributed by atoms with Gasteiger partial charge in [-0.15, -0.1) is 11.3 Å². The molecule has 3 heterocycles. The molecule has 5 nitrogen and oxygen atoms in total. The summed E-state index contributed by atoms with van der Waals surface area (Å²) in [6.45, 7) is 2.45. The van der Waals surface area contributed by atoms with Gasteiger partial charge in [0.25, 0.3) is 0 Å². The first-order valence-corrected chi connectivity index (χ1v) is 11.3. The summed E-state index contributed by atoms with van der Waals surface area (Å²) < 4.78 is 25.7. The largest absolute Gasteiger partial charge is 0.293 e. The van der Waals surface area contributed by atoms with Gasteiger partial charge in [0, 0.05) is 63.5 Å². The Labute approximate surface area is 158 Å². The Bertz CT molecular complexity index is 1060. The van der Waals surface area contributed by atoms with Crippen molar-refractivity contribution >= 4 is 47.2 Å². The standard InChI is InChI=1S/C17H16BrN3O2S2/c1-25(22,23)17-19-8-11-9-21(7-6-13(11)20-17)10-15-16(18)12-4-2-3-5-14(12)24-15/h2-5,8H,6-7,9-10H2,1H3. The van der Waals surface area contributed by atoms with Crippen LogP contribution in [0.3, 0.4) is 0 Å². The van der Waals surface area contributed by atoms with Crippen molar-refractivity contribution < 1.29 is 8.42 Å². The normalized spacial score (nSPS) is 15.4. The molecular formula is C17H16BrN3O2S2. The van der Waals surface area contributed by atoms with E-state index in [-0.39, 0.29) is 5.16 Å². The van der Waals surface area contributed by atoms with E-state index in [4.69, 9.17) is 0 Å². The molecule has 0 saturated carbocycles. The second-order valence-corrected chi connectivity index (χ2v) is 10.0. The van der Waals surface area contributed by atoms with Crippen LogP contribution in [0.5, 0.6) is 0 Å². The summed E-state index contributed by atoms with van der Waals surface area (Å²) in [5, 5.41) is 1.17. The highest BCUT2D eigenvalue weighted by atomic mass is 79.9. The monoisotopic (exact) mass is 437 g/mol. The van der Waals surface area contributed by atoms with E-state index in [0.717, 1.165) is 43.6 Å². The molecule has 0 N–H and O–H groups in total. The minimum atomic E-state index is -3.36. The van der Waals surface area contributed by atoms with Crippen LogP contribution < -0.4 is 0 Å². The molecule has 0 spiro atoms. The van der Waals surface area contributed by atoms with E-state index in [1.54, 1.807) is 17.5 Å². The van der Waals surface area contributed by atoms with Gasteiger partial charge in [-0.05, 0) is 22.0 Å². The summed E-state index contributed by atoms with van der Waals surface area (Å²) in [5.74, 6) is 0. The molecule has 130 valence electrons. The highest BCUT2D eigenvalue weighted by Crippen LogP contribution is 2.36. The molecule has 1 aliphatic heterocycles. The van der Waals surface area contributed by atoms with E-state index < -0.39 is 9.84 Å². The first-order chi connectivity index (χ1) is 11.9. The molecule has 0 amide bonds. The molecule has 0 aliphatic carbocycles. The van der Waals surface area contributed by atoms with Crippen LogP contribution >= 0.6 is 27.3 Å². The van der Waals surface area contributed by atoms with Crippen LogP contribution in [0.2, 0.25) is 0 Å². The number of thiophene rings is 1. The predicted octanol–water partition coefficient (Wildman–Crippen LogP) is 3.42. The zero-order valence-electron chi connectivity index (χ0n) is 13.6. The fourth-order valence-corrected chi connectivity index (χ4v) is 5.54. The smallest absolute Gasteiger partial charge is 0.246 e. The molecule has 0 bridgehead atoms. The van der Waals surface area contributed by atoms with Gasteiger partial charge in [-0.3, -0.25) is 4.90 Å². The van der Waals surface area contributed by atoms with E-state index in [2.05, 4.69) is 55.1 Å². The van der Waals surface area contributed by atoms with Crippen molar-refractivity contribution in [3.8, 4) is 0 Å². The van der Waals surface area contributed by atoms with E-state index in [9.17, 15) is 8.42 Å². The van der Waals surface area contributed by atoms with Gasteiger partial charge >= 0.3 is 0 Å². The molecule has 2 aromatic heterocycles. The number of rotatable bonds is 3. The van der Waals surface area contributed by atoms with Crippen molar-refractivity contribution in [2.75, 3.05) is 12.8 Å². The molecule has 0 saturated heterocycles. The molecule has 3 aromatic rings. The highest BCUT2D eigenvalue weighted by Gasteiger charge is 2.22. The second-order valence-electron chi connectivity index (χ2n) is 6.19. The van der Waals surface area contributed by atoms with Crippen LogP contribution in [0, 0.1) is 0 Å². The Hall–Kier alpha value is -1.35. The van der Waals surface area contributed by atoms with E-state index in [1.165, 1.54) is 19.4 Å². The zero-order valence-corrected chi connectivity index (χ0v) is 16.8. The predicted molar refractivity (Wildman–Crippen MR) is 102 cm³/mol. The number of benzene rings is 1. The summed E-state index contributed by atoms with van der Waals surface area (Å²) in [6.07, 6.45) is 3.54. The summed E-state index contributed by atoms with van der Waals surface area (Å²) in [4.78, 5) is 11.9. The van der Waals surface area contributed by atoms with Crippen molar-refractivity contribution in [1.82, 2.24) is 14.9 Å². The average molecular weight is 438 g/mol. The van der Waals surface area contributed by atoms with Gasteiger partial charge in [0.05, 0.1) is 5.69 Å².